The molecule has 10 heteroatoms. The molecule has 4 rings (SSSR count). The summed E-state index contributed by atoms with van der Waals surface area (Å²) in [4.78, 5) is 12.5. The Kier molecular flexibility index (Phi) is 5.78. The van der Waals surface area contributed by atoms with Crippen LogP contribution in [0.1, 0.15) is 53.4 Å². The summed E-state index contributed by atoms with van der Waals surface area (Å²) in [5.41, 5.74) is 2.56. The zero-order valence-electron chi connectivity index (χ0n) is 18.2. The number of carbonyl (C=O) groups excluding carboxylic acids is 1. The molecular formula is C22H24N4O4S2. The summed E-state index contributed by atoms with van der Waals surface area (Å²) in [5.74, 6) is 0.295. The fourth-order valence-electron chi connectivity index (χ4n) is 3.66. The quantitative estimate of drug-likeness (QED) is 0.544. The van der Waals surface area contributed by atoms with Crippen LogP contribution >= 0.6 is 11.3 Å². The van der Waals surface area contributed by atoms with Crippen molar-refractivity contribution in [3.63, 3.8) is 0 Å². The number of rotatable bonds is 5. The zero-order valence-corrected chi connectivity index (χ0v) is 19.8. The van der Waals surface area contributed by atoms with E-state index in [9.17, 15) is 13.2 Å². The van der Waals surface area contributed by atoms with Crippen molar-refractivity contribution in [3.05, 3.63) is 64.7 Å². The van der Waals surface area contributed by atoms with Crippen LogP contribution in [-0.2, 0) is 10.0 Å². The van der Waals surface area contributed by atoms with Crippen molar-refractivity contribution in [3.8, 4) is 5.75 Å². The summed E-state index contributed by atoms with van der Waals surface area (Å²) in [6.45, 7) is 7.62. The van der Waals surface area contributed by atoms with Crippen molar-refractivity contribution < 1.29 is 17.9 Å². The molecule has 1 amide bonds. The van der Waals surface area contributed by atoms with E-state index >= 15 is 0 Å². The van der Waals surface area contributed by atoms with Crippen LogP contribution in [0.3, 0.4) is 0 Å². The second-order valence-corrected chi connectivity index (χ2v) is 11.3. The van der Waals surface area contributed by atoms with Crippen molar-refractivity contribution >= 4 is 32.4 Å². The third kappa shape index (κ3) is 4.67. The minimum atomic E-state index is -3.96. The van der Waals surface area contributed by atoms with Gasteiger partial charge in [-0.1, -0.05) is 41.7 Å². The van der Waals surface area contributed by atoms with Gasteiger partial charge in [0.1, 0.15) is 11.4 Å². The average Bonchev–Trinajstić information content (AvgIpc) is 3.16. The molecule has 1 atom stereocenters. The summed E-state index contributed by atoms with van der Waals surface area (Å²) < 4.78 is 34.7. The number of anilines is 1. The molecule has 0 unspecified atom stereocenters. The van der Waals surface area contributed by atoms with Gasteiger partial charge in [0.2, 0.25) is 9.47 Å². The molecule has 0 saturated heterocycles. The molecule has 168 valence electrons. The largest absolute Gasteiger partial charge is 0.487 e. The average molecular weight is 473 g/mol. The van der Waals surface area contributed by atoms with Gasteiger partial charge < -0.3 is 4.74 Å². The zero-order chi connectivity index (χ0) is 23.1. The van der Waals surface area contributed by atoms with E-state index in [1.165, 1.54) is 0 Å². The monoisotopic (exact) mass is 472 g/mol. The Morgan fingerprint density at radius 2 is 1.91 bits per heavy atom. The molecule has 0 bridgehead atoms. The molecular weight excluding hydrogens is 448 g/mol. The molecule has 2 N–H and O–H groups in total. The summed E-state index contributed by atoms with van der Waals surface area (Å²) in [5, 5.41) is 10.4. The van der Waals surface area contributed by atoms with Crippen LogP contribution in [0.25, 0.3) is 0 Å². The Hall–Kier alpha value is -2.82. The van der Waals surface area contributed by atoms with Crippen LogP contribution in [0.15, 0.2) is 46.8 Å². The molecule has 1 aliphatic rings. The number of carbonyl (C=O) groups is 1. The van der Waals surface area contributed by atoms with Crippen LogP contribution in [0.2, 0.25) is 0 Å². The third-order valence-corrected chi connectivity index (χ3v) is 7.85. The number of aromatic nitrogens is 2. The molecule has 0 saturated carbocycles. The Morgan fingerprint density at radius 1 is 1.16 bits per heavy atom. The maximum Gasteiger partial charge on any atom is 0.270 e. The predicted octanol–water partition coefficient (Wildman–Crippen LogP) is 3.99. The number of amides is 1. The van der Waals surface area contributed by atoms with Gasteiger partial charge in [-0.25, -0.2) is 13.1 Å². The van der Waals surface area contributed by atoms with Crippen LogP contribution in [0, 0.1) is 13.8 Å². The van der Waals surface area contributed by atoms with Crippen molar-refractivity contribution in [2.75, 3.05) is 5.32 Å². The summed E-state index contributed by atoms with van der Waals surface area (Å²) in [6.07, 6.45) is 0.456. The van der Waals surface area contributed by atoms with Gasteiger partial charge in [-0.15, -0.1) is 10.2 Å². The summed E-state index contributed by atoms with van der Waals surface area (Å²) in [7, 11) is -3.96. The fraction of sp³-hybridized carbons (Fsp3) is 0.318. The van der Waals surface area contributed by atoms with Crippen molar-refractivity contribution in [1.82, 2.24) is 14.9 Å². The Balaban J connectivity index is 1.55. The molecule has 2 aromatic carbocycles. The molecule has 0 fully saturated rings. The molecule has 0 radical (unpaired) electrons. The van der Waals surface area contributed by atoms with E-state index in [4.69, 9.17) is 4.74 Å². The van der Waals surface area contributed by atoms with E-state index in [0.29, 0.717) is 17.7 Å². The minimum absolute atomic E-state index is 0.113. The van der Waals surface area contributed by atoms with Gasteiger partial charge in [0.25, 0.3) is 15.9 Å². The molecule has 8 nitrogen and oxygen atoms in total. The highest BCUT2D eigenvalue weighted by Crippen LogP contribution is 2.40. The lowest BCUT2D eigenvalue weighted by atomic mass is 9.90. The second kappa shape index (κ2) is 8.27. The Bertz CT molecular complexity index is 1280. The van der Waals surface area contributed by atoms with Gasteiger partial charge in [-0.3, -0.25) is 10.1 Å². The van der Waals surface area contributed by atoms with E-state index in [1.54, 1.807) is 12.1 Å². The molecule has 1 aromatic heterocycles. The molecule has 32 heavy (non-hydrogen) atoms. The first kappa shape index (κ1) is 22.4. The van der Waals surface area contributed by atoms with Gasteiger partial charge in [0.15, 0.2) is 0 Å². The Labute approximate surface area is 191 Å². The first-order valence-electron chi connectivity index (χ1n) is 10.1. The van der Waals surface area contributed by atoms with Crippen LogP contribution in [0.5, 0.6) is 5.75 Å². The normalized spacial score (nSPS) is 17.3. The number of aryl methyl sites for hydroxylation is 2. The molecule has 3 aromatic rings. The highest BCUT2D eigenvalue weighted by atomic mass is 32.2. The maximum absolute atomic E-state index is 13.1. The molecule has 0 aliphatic carbocycles. The predicted molar refractivity (Wildman–Crippen MR) is 123 cm³/mol. The highest BCUT2D eigenvalue weighted by molar-refractivity contribution is 7.91. The first-order valence-corrected chi connectivity index (χ1v) is 12.4. The van der Waals surface area contributed by atoms with E-state index in [2.05, 4.69) is 20.2 Å². The second-order valence-electron chi connectivity index (χ2n) is 8.42. The first-order chi connectivity index (χ1) is 15.0. The number of sulfonamides is 1. The van der Waals surface area contributed by atoms with Gasteiger partial charge in [-0.2, -0.15) is 0 Å². The van der Waals surface area contributed by atoms with E-state index < -0.39 is 21.7 Å². The van der Waals surface area contributed by atoms with E-state index in [-0.39, 0.29) is 15.4 Å². The number of hydrogen-bond donors (Lipinski definition) is 2. The summed E-state index contributed by atoms with van der Waals surface area (Å²) in [6, 6.07) is 12.3. The van der Waals surface area contributed by atoms with Gasteiger partial charge in [0, 0.05) is 17.5 Å². The van der Waals surface area contributed by atoms with Crippen LogP contribution in [0.4, 0.5) is 5.13 Å². The standard InChI is InChI=1S/C22H24N4O4S2/c1-13-9-10-16-17(12-22(3,4)30-18(16)11-13)26-32(28,29)21-25-24-20(31-21)23-19(27)15-8-6-5-7-14(15)2/h5-11,17,26H,12H2,1-4H3,(H,23,24,27)/t17-/m0/s1. The Morgan fingerprint density at radius 3 is 2.66 bits per heavy atom. The maximum atomic E-state index is 13.1. The summed E-state index contributed by atoms with van der Waals surface area (Å²) >= 11 is 0.805. The number of ether oxygens (including phenoxy) is 1. The lowest BCUT2D eigenvalue weighted by molar-refractivity contribution is 0.0701. The third-order valence-electron chi connectivity index (χ3n) is 5.17. The smallest absolute Gasteiger partial charge is 0.270 e. The van der Waals surface area contributed by atoms with E-state index in [0.717, 1.165) is 28.0 Å². The number of hydrogen-bond acceptors (Lipinski definition) is 7. The SMILES string of the molecule is Cc1ccc2c(c1)OC(C)(C)C[C@@H]2NS(=O)(=O)c1nnc(NC(=O)c2ccccc2C)s1. The van der Waals surface area contributed by atoms with Crippen LogP contribution < -0.4 is 14.8 Å². The lowest BCUT2D eigenvalue weighted by Crippen LogP contribution is -2.41. The van der Waals surface area contributed by atoms with Gasteiger partial charge in [-0.05, 0) is 51.0 Å². The molecule has 0 spiro atoms. The molecule has 1 aliphatic heterocycles. The van der Waals surface area contributed by atoms with Gasteiger partial charge >= 0.3 is 0 Å². The number of nitrogens with zero attached hydrogens (tertiary/aromatic N) is 2. The highest BCUT2D eigenvalue weighted by Gasteiger charge is 2.37. The fourth-order valence-corrected chi connectivity index (χ4v) is 5.79. The topological polar surface area (TPSA) is 110 Å². The number of fused-ring (bicyclic) bond motifs is 1. The lowest BCUT2D eigenvalue weighted by Gasteiger charge is -2.37. The van der Waals surface area contributed by atoms with Crippen molar-refractivity contribution in [2.24, 2.45) is 0 Å². The van der Waals surface area contributed by atoms with Crippen LogP contribution in [-0.4, -0.2) is 30.1 Å². The number of nitrogens with one attached hydrogen (secondary N) is 2. The van der Waals surface area contributed by atoms with E-state index in [1.807, 2.05) is 58.0 Å². The number of benzene rings is 2. The van der Waals surface area contributed by atoms with Gasteiger partial charge in [0.05, 0.1) is 6.04 Å². The molecule has 2 heterocycles. The van der Waals surface area contributed by atoms with Crippen molar-refractivity contribution in [1.29, 1.82) is 0 Å². The minimum Gasteiger partial charge on any atom is -0.487 e. The van der Waals surface area contributed by atoms with Crippen molar-refractivity contribution in [2.45, 2.75) is 50.1 Å².